The minimum Gasteiger partial charge on any atom is -0.203 e. The number of rotatable bonds is 3. The van der Waals surface area contributed by atoms with Gasteiger partial charge in [0, 0.05) is 0 Å². The average Bonchev–Trinajstić information content (AvgIpc) is 2.71. The van der Waals surface area contributed by atoms with E-state index in [0.717, 1.165) is 42.4 Å². The van der Waals surface area contributed by atoms with Crippen molar-refractivity contribution in [3.8, 4) is 0 Å². The summed E-state index contributed by atoms with van der Waals surface area (Å²) < 4.78 is 28.3. The highest BCUT2D eigenvalue weighted by molar-refractivity contribution is 5.28. The molecule has 150 valence electrons. The van der Waals surface area contributed by atoms with Crippen molar-refractivity contribution in [3.63, 3.8) is 0 Å². The minimum absolute atomic E-state index is 0.215. The summed E-state index contributed by atoms with van der Waals surface area (Å²) in [6.07, 6.45) is 14.6. The summed E-state index contributed by atoms with van der Waals surface area (Å²) in [6, 6.07) is 3.57. The predicted octanol–water partition coefficient (Wildman–Crippen LogP) is 7.79. The molecule has 0 aromatic heterocycles. The Morgan fingerprint density at radius 1 is 0.741 bits per heavy atom. The lowest BCUT2D eigenvalue weighted by Gasteiger charge is -2.45. The fourth-order valence-corrected chi connectivity index (χ4v) is 6.70. The molecule has 3 aliphatic carbocycles. The molecule has 0 amide bonds. The van der Waals surface area contributed by atoms with Crippen molar-refractivity contribution in [1.82, 2.24) is 0 Å². The number of aryl methyl sites for hydroxylation is 1. The predicted molar refractivity (Wildman–Crippen MR) is 108 cm³/mol. The SMILES string of the molecule is CCC1CCC2CC(C3CCC(c4ccc(C)c(F)c4F)CC3)CCC2C1. The Labute approximate surface area is 164 Å². The molecule has 0 radical (unpaired) electrons. The van der Waals surface area contributed by atoms with Crippen molar-refractivity contribution >= 4 is 0 Å². The number of halogens is 2. The van der Waals surface area contributed by atoms with Crippen LogP contribution >= 0.6 is 0 Å². The maximum absolute atomic E-state index is 14.4. The van der Waals surface area contributed by atoms with Crippen LogP contribution in [0.2, 0.25) is 0 Å². The molecule has 3 fully saturated rings. The van der Waals surface area contributed by atoms with Crippen LogP contribution in [0, 0.1) is 48.1 Å². The van der Waals surface area contributed by atoms with Gasteiger partial charge in [-0.2, -0.15) is 0 Å². The highest BCUT2D eigenvalue weighted by Gasteiger charge is 2.38. The van der Waals surface area contributed by atoms with Crippen molar-refractivity contribution in [2.24, 2.45) is 29.6 Å². The molecule has 0 bridgehead atoms. The zero-order chi connectivity index (χ0) is 19.0. The fourth-order valence-electron chi connectivity index (χ4n) is 6.70. The highest BCUT2D eigenvalue weighted by atomic mass is 19.2. The van der Waals surface area contributed by atoms with E-state index < -0.39 is 11.6 Å². The van der Waals surface area contributed by atoms with E-state index in [1.54, 1.807) is 13.0 Å². The van der Waals surface area contributed by atoms with Gasteiger partial charge in [-0.25, -0.2) is 8.78 Å². The molecule has 27 heavy (non-hydrogen) atoms. The highest BCUT2D eigenvalue weighted by Crippen LogP contribution is 2.50. The largest absolute Gasteiger partial charge is 0.203 e. The van der Waals surface area contributed by atoms with E-state index in [0.29, 0.717) is 11.1 Å². The third kappa shape index (κ3) is 3.96. The van der Waals surface area contributed by atoms with Gasteiger partial charge >= 0.3 is 0 Å². The third-order valence-corrected chi connectivity index (χ3v) is 8.52. The van der Waals surface area contributed by atoms with E-state index in [1.165, 1.54) is 57.8 Å². The molecule has 4 unspecified atom stereocenters. The molecule has 2 heteroatoms. The van der Waals surface area contributed by atoms with Crippen molar-refractivity contribution in [3.05, 3.63) is 34.9 Å². The fraction of sp³-hybridized carbons (Fsp3) is 0.760. The van der Waals surface area contributed by atoms with E-state index in [1.807, 2.05) is 6.07 Å². The molecule has 0 N–H and O–H groups in total. The number of benzene rings is 1. The van der Waals surface area contributed by atoms with E-state index in [9.17, 15) is 8.78 Å². The van der Waals surface area contributed by atoms with Gasteiger partial charge in [0.15, 0.2) is 11.6 Å². The first-order chi connectivity index (χ1) is 13.1. The van der Waals surface area contributed by atoms with E-state index >= 15 is 0 Å². The van der Waals surface area contributed by atoms with Crippen LogP contribution in [0.15, 0.2) is 12.1 Å². The summed E-state index contributed by atoms with van der Waals surface area (Å²) in [5.74, 6) is 3.67. The normalized spacial score (nSPS) is 37.0. The van der Waals surface area contributed by atoms with Crippen LogP contribution in [-0.2, 0) is 0 Å². The summed E-state index contributed by atoms with van der Waals surface area (Å²) in [5, 5.41) is 0. The molecule has 3 saturated carbocycles. The van der Waals surface area contributed by atoms with E-state index in [-0.39, 0.29) is 5.92 Å². The summed E-state index contributed by atoms with van der Waals surface area (Å²) in [5.41, 5.74) is 1.04. The molecular weight excluding hydrogens is 338 g/mol. The molecule has 0 aliphatic heterocycles. The Hall–Kier alpha value is -0.920. The standard InChI is InChI=1S/C25H36F2/c1-3-17-5-6-22-15-21(12-11-20(22)14-17)18-7-9-19(10-8-18)23-13-4-16(2)24(26)25(23)27/h4,13,17-22H,3,5-12,14-15H2,1-2H3. The summed E-state index contributed by atoms with van der Waals surface area (Å²) in [7, 11) is 0. The first-order valence-electron chi connectivity index (χ1n) is 11.5. The summed E-state index contributed by atoms with van der Waals surface area (Å²) in [4.78, 5) is 0. The van der Waals surface area contributed by atoms with Gasteiger partial charge in [0.05, 0.1) is 0 Å². The van der Waals surface area contributed by atoms with Crippen LogP contribution in [0.1, 0.15) is 94.6 Å². The Balaban J connectivity index is 1.33. The maximum atomic E-state index is 14.4. The van der Waals surface area contributed by atoms with Crippen LogP contribution in [0.4, 0.5) is 8.78 Å². The zero-order valence-corrected chi connectivity index (χ0v) is 17.2. The topological polar surface area (TPSA) is 0 Å². The number of hydrogen-bond acceptors (Lipinski definition) is 0. The smallest absolute Gasteiger partial charge is 0.162 e. The molecule has 1 aromatic rings. The van der Waals surface area contributed by atoms with Gasteiger partial charge < -0.3 is 0 Å². The summed E-state index contributed by atoms with van der Waals surface area (Å²) >= 11 is 0. The average molecular weight is 375 g/mol. The first kappa shape index (κ1) is 19.4. The maximum Gasteiger partial charge on any atom is 0.162 e. The third-order valence-electron chi connectivity index (χ3n) is 8.52. The second kappa shape index (κ2) is 8.21. The molecule has 4 rings (SSSR count). The van der Waals surface area contributed by atoms with Crippen LogP contribution in [0.3, 0.4) is 0 Å². The molecule has 0 spiro atoms. The van der Waals surface area contributed by atoms with Gasteiger partial charge in [-0.1, -0.05) is 31.9 Å². The molecule has 0 heterocycles. The van der Waals surface area contributed by atoms with E-state index in [4.69, 9.17) is 0 Å². The lowest BCUT2D eigenvalue weighted by molar-refractivity contribution is 0.0628. The van der Waals surface area contributed by atoms with Crippen molar-refractivity contribution in [2.75, 3.05) is 0 Å². The molecule has 3 aliphatic rings. The molecule has 4 atom stereocenters. The lowest BCUT2D eigenvalue weighted by Crippen LogP contribution is -2.34. The Bertz CT molecular complexity index is 644. The quantitative estimate of drug-likeness (QED) is 0.506. The minimum atomic E-state index is -0.643. The van der Waals surface area contributed by atoms with Crippen molar-refractivity contribution < 1.29 is 8.78 Å². The Kier molecular flexibility index (Phi) is 5.90. The van der Waals surface area contributed by atoms with Crippen LogP contribution in [0.25, 0.3) is 0 Å². The van der Waals surface area contributed by atoms with Gasteiger partial charge in [-0.05, 0) is 111 Å². The van der Waals surface area contributed by atoms with Gasteiger partial charge in [-0.3, -0.25) is 0 Å². The Morgan fingerprint density at radius 3 is 2.04 bits per heavy atom. The second-order valence-electron chi connectivity index (χ2n) is 9.89. The monoisotopic (exact) mass is 374 g/mol. The molecule has 0 saturated heterocycles. The molecule has 0 nitrogen and oxygen atoms in total. The Morgan fingerprint density at radius 2 is 1.33 bits per heavy atom. The van der Waals surface area contributed by atoms with Gasteiger partial charge in [-0.15, -0.1) is 0 Å². The van der Waals surface area contributed by atoms with Crippen LogP contribution in [0.5, 0.6) is 0 Å². The first-order valence-corrected chi connectivity index (χ1v) is 11.5. The number of fused-ring (bicyclic) bond motifs is 1. The van der Waals surface area contributed by atoms with Crippen molar-refractivity contribution in [1.29, 1.82) is 0 Å². The van der Waals surface area contributed by atoms with Gasteiger partial charge in [0.25, 0.3) is 0 Å². The lowest BCUT2D eigenvalue weighted by atomic mass is 9.60. The van der Waals surface area contributed by atoms with Crippen LogP contribution in [-0.4, -0.2) is 0 Å². The van der Waals surface area contributed by atoms with Crippen LogP contribution < -0.4 is 0 Å². The number of hydrogen-bond donors (Lipinski definition) is 0. The van der Waals surface area contributed by atoms with Crippen molar-refractivity contribution in [2.45, 2.75) is 90.4 Å². The van der Waals surface area contributed by atoms with Gasteiger partial charge in [0.1, 0.15) is 0 Å². The molecular formula is C25H36F2. The summed E-state index contributed by atoms with van der Waals surface area (Å²) in [6.45, 7) is 4.00. The molecule has 1 aromatic carbocycles. The van der Waals surface area contributed by atoms with Gasteiger partial charge in [0.2, 0.25) is 0 Å². The zero-order valence-electron chi connectivity index (χ0n) is 17.2. The second-order valence-corrected chi connectivity index (χ2v) is 9.89. The van der Waals surface area contributed by atoms with E-state index in [2.05, 4.69) is 6.92 Å².